The lowest BCUT2D eigenvalue weighted by Gasteiger charge is -2.24. The van der Waals surface area contributed by atoms with E-state index >= 15 is 0 Å². The smallest absolute Gasteiger partial charge is 0.245 e. The fraction of sp³-hybridized carbons (Fsp3) is 0.529. The first-order valence-corrected chi connectivity index (χ1v) is 11.7. The highest BCUT2D eigenvalue weighted by Crippen LogP contribution is 2.29. The Bertz CT molecular complexity index is 797. The Kier molecular flexibility index (Phi) is 8.41. The van der Waals surface area contributed by atoms with Gasteiger partial charge in [-0.25, -0.2) is 12.8 Å². The van der Waals surface area contributed by atoms with Gasteiger partial charge in [0, 0.05) is 24.8 Å². The van der Waals surface area contributed by atoms with Crippen LogP contribution in [0.5, 0.6) is 0 Å². The largest absolute Gasteiger partial charge is 0.384 e. The maximum absolute atomic E-state index is 14.4. The molecule has 0 aliphatic carbocycles. The lowest BCUT2D eigenvalue weighted by atomic mass is 10.1. The van der Waals surface area contributed by atoms with Gasteiger partial charge in [0.1, 0.15) is 16.2 Å². The van der Waals surface area contributed by atoms with Crippen molar-refractivity contribution in [3.05, 3.63) is 34.6 Å². The summed E-state index contributed by atoms with van der Waals surface area (Å²) in [6.45, 7) is 6.03. The van der Waals surface area contributed by atoms with Crippen LogP contribution in [0.1, 0.15) is 26.7 Å². The van der Waals surface area contributed by atoms with Crippen molar-refractivity contribution >= 4 is 39.1 Å². The summed E-state index contributed by atoms with van der Waals surface area (Å²) >= 11 is 7.40. The molecular weight excluding hydrogens is 425 g/mol. The van der Waals surface area contributed by atoms with Crippen LogP contribution in [-0.4, -0.2) is 39.1 Å². The monoisotopic (exact) mass is 451 g/mol. The minimum Gasteiger partial charge on any atom is -0.384 e. The number of halogens is 2. The van der Waals surface area contributed by atoms with Crippen LogP contribution < -0.4 is 26.4 Å². The molecule has 0 amide bonds. The molecule has 0 spiro atoms. The Hall–Kier alpha value is -1.04. The standard InChI is InChI=1S/C17H27ClFN5O2S2/c1-17(2,11-20)23-6-4-3-5-21-14-10-13(19)15(9-12(14)18)28(25,26)24-16-22-7-8-27-16/h7-10,16,21-24H,3-6,11,20H2,1-2H3. The highest BCUT2D eigenvalue weighted by atomic mass is 35.5. The Labute approximate surface area is 175 Å². The molecule has 0 fully saturated rings. The quantitative estimate of drug-likeness (QED) is 0.329. The number of thioether (sulfide) groups is 1. The Morgan fingerprint density at radius 1 is 1.32 bits per heavy atom. The third-order valence-corrected chi connectivity index (χ3v) is 6.86. The summed E-state index contributed by atoms with van der Waals surface area (Å²) in [6, 6.07) is 2.24. The molecule has 6 N–H and O–H groups in total. The van der Waals surface area contributed by atoms with Crippen LogP contribution in [0.2, 0.25) is 5.02 Å². The van der Waals surface area contributed by atoms with Gasteiger partial charge in [-0.15, -0.1) is 0 Å². The van der Waals surface area contributed by atoms with Gasteiger partial charge in [0.05, 0.1) is 10.7 Å². The summed E-state index contributed by atoms with van der Waals surface area (Å²) in [5.41, 5.74) is 5.36. The van der Waals surface area contributed by atoms with Gasteiger partial charge in [-0.3, -0.25) is 0 Å². The average Bonchev–Trinajstić information content (AvgIpc) is 3.12. The summed E-state index contributed by atoms with van der Waals surface area (Å²) in [4.78, 5) is -0.481. The van der Waals surface area contributed by atoms with Gasteiger partial charge in [0.25, 0.3) is 0 Å². The van der Waals surface area contributed by atoms with E-state index in [1.54, 1.807) is 11.6 Å². The van der Waals surface area contributed by atoms with Crippen molar-refractivity contribution in [1.82, 2.24) is 15.4 Å². The van der Waals surface area contributed by atoms with Crippen LogP contribution in [0.15, 0.2) is 28.6 Å². The maximum atomic E-state index is 14.4. The minimum absolute atomic E-state index is 0.0994. The number of sulfonamides is 1. The van der Waals surface area contributed by atoms with Crippen LogP contribution in [0.3, 0.4) is 0 Å². The SMILES string of the molecule is CC(C)(CN)NCCCCNc1cc(F)c(S(=O)(=O)NC2NC=CS2)cc1Cl. The van der Waals surface area contributed by atoms with Gasteiger partial charge in [0.15, 0.2) is 0 Å². The summed E-state index contributed by atoms with van der Waals surface area (Å²) < 4.78 is 41.6. The van der Waals surface area contributed by atoms with Crippen molar-refractivity contribution in [2.45, 2.75) is 42.6 Å². The van der Waals surface area contributed by atoms with E-state index in [0.29, 0.717) is 18.8 Å². The molecule has 1 aliphatic heterocycles. The highest BCUT2D eigenvalue weighted by molar-refractivity contribution is 8.03. The first kappa shape index (κ1) is 23.2. The third kappa shape index (κ3) is 6.78. The fourth-order valence-corrected chi connectivity index (χ4v) is 4.83. The molecule has 0 aromatic heterocycles. The van der Waals surface area contributed by atoms with Crippen LogP contribution in [0, 0.1) is 5.82 Å². The van der Waals surface area contributed by atoms with E-state index in [1.165, 1.54) is 11.8 Å². The Morgan fingerprint density at radius 2 is 2.04 bits per heavy atom. The van der Waals surface area contributed by atoms with Crippen LogP contribution in [0.4, 0.5) is 10.1 Å². The second-order valence-electron chi connectivity index (χ2n) is 7.02. The van der Waals surface area contributed by atoms with Crippen LogP contribution in [-0.2, 0) is 10.0 Å². The summed E-state index contributed by atoms with van der Waals surface area (Å²) in [5, 5.41) is 11.1. The highest BCUT2D eigenvalue weighted by Gasteiger charge is 2.25. The lowest BCUT2D eigenvalue weighted by Crippen LogP contribution is -2.46. The molecule has 1 aromatic rings. The van der Waals surface area contributed by atoms with E-state index in [0.717, 1.165) is 31.5 Å². The van der Waals surface area contributed by atoms with Crippen molar-refractivity contribution in [3.8, 4) is 0 Å². The predicted molar refractivity (Wildman–Crippen MR) is 114 cm³/mol. The number of hydrogen-bond donors (Lipinski definition) is 5. The third-order valence-electron chi connectivity index (χ3n) is 4.14. The molecular formula is C17H27ClFN5O2S2. The molecule has 28 heavy (non-hydrogen) atoms. The summed E-state index contributed by atoms with van der Waals surface area (Å²) in [7, 11) is -4.04. The lowest BCUT2D eigenvalue weighted by molar-refractivity contribution is 0.394. The molecule has 0 saturated heterocycles. The van der Waals surface area contributed by atoms with Gasteiger partial charge in [-0.2, -0.15) is 4.72 Å². The van der Waals surface area contributed by atoms with Crippen molar-refractivity contribution < 1.29 is 12.8 Å². The molecule has 1 atom stereocenters. The second kappa shape index (κ2) is 10.1. The summed E-state index contributed by atoms with van der Waals surface area (Å²) in [5.74, 6) is -0.860. The van der Waals surface area contributed by atoms with Crippen molar-refractivity contribution in [1.29, 1.82) is 0 Å². The fourth-order valence-electron chi connectivity index (χ4n) is 2.39. The molecule has 7 nitrogen and oxygen atoms in total. The second-order valence-corrected chi connectivity index (χ2v) is 10.1. The van der Waals surface area contributed by atoms with Crippen LogP contribution in [0.25, 0.3) is 0 Å². The first-order chi connectivity index (χ1) is 13.1. The molecule has 158 valence electrons. The Balaban J connectivity index is 1.89. The van der Waals surface area contributed by atoms with Crippen molar-refractivity contribution in [2.24, 2.45) is 5.73 Å². The molecule has 11 heteroatoms. The topological polar surface area (TPSA) is 108 Å². The summed E-state index contributed by atoms with van der Waals surface area (Å²) in [6.07, 6.45) is 3.36. The number of unbranched alkanes of at least 4 members (excludes halogenated alkanes) is 1. The molecule has 1 heterocycles. The molecule has 1 aliphatic rings. The number of benzene rings is 1. The predicted octanol–water partition coefficient (Wildman–Crippen LogP) is 2.37. The number of nitrogens with one attached hydrogen (secondary N) is 4. The molecule has 1 aromatic carbocycles. The minimum atomic E-state index is -4.04. The van der Waals surface area contributed by atoms with Gasteiger partial charge in [-0.1, -0.05) is 23.4 Å². The van der Waals surface area contributed by atoms with Gasteiger partial charge in [-0.05, 0) is 50.8 Å². The van der Waals surface area contributed by atoms with Gasteiger partial charge in [0.2, 0.25) is 10.0 Å². The average molecular weight is 452 g/mol. The molecule has 0 saturated carbocycles. The van der Waals surface area contributed by atoms with E-state index in [4.69, 9.17) is 17.3 Å². The molecule has 2 rings (SSSR count). The first-order valence-electron chi connectivity index (χ1n) is 8.91. The normalized spacial score (nSPS) is 17.0. The number of anilines is 1. The Morgan fingerprint density at radius 3 is 2.68 bits per heavy atom. The number of rotatable bonds is 11. The molecule has 0 bridgehead atoms. The van der Waals surface area contributed by atoms with E-state index < -0.39 is 26.2 Å². The molecule has 1 unspecified atom stereocenters. The number of hydrogen-bond acceptors (Lipinski definition) is 7. The zero-order chi connectivity index (χ0) is 20.8. The number of nitrogens with two attached hydrogens (primary N) is 1. The zero-order valence-electron chi connectivity index (χ0n) is 15.9. The van der Waals surface area contributed by atoms with Gasteiger partial charge < -0.3 is 21.7 Å². The van der Waals surface area contributed by atoms with Crippen LogP contribution >= 0.6 is 23.4 Å². The van der Waals surface area contributed by atoms with E-state index in [-0.39, 0.29) is 10.6 Å². The van der Waals surface area contributed by atoms with E-state index in [9.17, 15) is 12.8 Å². The maximum Gasteiger partial charge on any atom is 0.245 e. The van der Waals surface area contributed by atoms with Crippen molar-refractivity contribution in [3.63, 3.8) is 0 Å². The van der Waals surface area contributed by atoms with E-state index in [1.807, 2.05) is 13.8 Å². The molecule has 0 radical (unpaired) electrons. The van der Waals surface area contributed by atoms with E-state index in [2.05, 4.69) is 20.7 Å². The van der Waals surface area contributed by atoms with Crippen molar-refractivity contribution in [2.75, 3.05) is 25.0 Å². The zero-order valence-corrected chi connectivity index (χ0v) is 18.3. The van der Waals surface area contributed by atoms with Gasteiger partial charge >= 0.3 is 0 Å².